The Hall–Kier alpha value is -2.54. The summed E-state index contributed by atoms with van der Waals surface area (Å²) in [5.74, 6) is 0. The number of rotatable bonds is 3. The fourth-order valence-electron chi connectivity index (χ4n) is 2.87. The van der Waals surface area contributed by atoms with Gasteiger partial charge in [-0.05, 0) is 55.3 Å². The Morgan fingerprint density at radius 3 is 2.08 bits per heavy atom. The van der Waals surface area contributed by atoms with E-state index in [1.54, 1.807) is 44.4 Å². The summed E-state index contributed by atoms with van der Waals surface area (Å²) in [5.41, 5.74) is 3.45. The van der Waals surface area contributed by atoms with Crippen molar-refractivity contribution in [2.75, 3.05) is 4.72 Å². The van der Waals surface area contributed by atoms with Crippen LogP contribution in [0.5, 0.6) is 0 Å². The maximum Gasteiger partial charge on any atom is 0.328 e. The van der Waals surface area contributed by atoms with Crippen LogP contribution >= 0.6 is 0 Å². The second-order valence-corrected chi connectivity index (χ2v) is 7.72. The second-order valence-electron chi connectivity index (χ2n) is 6.03. The Balaban J connectivity index is 2.05. The second kappa shape index (κ2) is 5.52. The Morgan fingerprint density at radius 2 is 1.46 bits per heavy atom. The molecule has 1 aromatic heterocycles. The van der Waals surface area contributed by atoms with Gasteiger partial charge in [-0.1, -0.05) is 6.07 Å². The average molecular weight is 345 g/mol. The van der Waals surface area contributed by atoms with E-state index >= 15 is 0 Å². The van der Waals surface area contributed by atoms with Gasteiger partial charge in [0, 0.05) is 14.1 Å². The lowest BCUT2D eigenvalue weighted by molar-refractivity contribution is 0.601. The van der Waals surface area contributed by atoms with Crippen LogP contribution in [0.2, 0.25) is 0 Å². The molecule has 126 valence electrons. The molecular formula is C17H19N3O3S. The Labute approximate surface area is 140 Å². The number of imidazole rings is 1. The van der Waals surface area contributed by atoms with Crippen molar-refractivity contribution in [2.24, 2.45) is 14.1 Å². The van der Waals surface area contributed by atoms with Gasteiger partial charge < -0.3 is 0 Å². The number of anilines is 1. The highest BCUT2D eigenvalue weighted by Crippen LogP contribution is 2.22. The van der Waals surface area contributed by atoms with Crippen LogP contribution in [0.3, 0.4) is 0 Å². The van der Waals surface area contributed by atoms with Crippen LogP contribution in [0.1, 0.15) is 11.1 Å². The number of sulfonamides is 1. The number of hydrogen-bond acceptors (Lipinski definition) is 3. The molecule has 6 nitrogen and oxygen atoms in total. The topological polar surface area (TPSA) is 73.1 Å². The first-order chi connectivity index (χ1) is 11.2. The zero-order valence-electron chi connectivity index (χ0n) is 14.0. The quantitative estimate of drug-likeness (QED) is 0.791. The van der Waals surface area contributed by atoms with Gasteiger partial charge in [0.2, 0.25) is 0 Å². The first-order valence-corrected chi connectivity index (χ1v) is 8.94. The Kier molecular flexibility index (Phi) is 3.76. The molecule has 3 rings (SSSR count). The van der Waals surface area contributed by atoms with Gasteiger partial charge in [-0.25, -0.2) is 13.2 Å². The molecule has 0 bridgehead atoms. The summed E-state index contributed by atoms with van der Waals surface area (Å²) in [5, 5.41) is 0. The lowest BCUT2D eigenvalue weighted by atomic mass is 10.2. The van der Waals surface area contributed by atoms with E-state index in [0.29, 0.717) is 11.2 Å². The molecular weight excluding hydrogens is 326 g/mol. The van der Waals surface area contributed by atoms with Crippen LogP contribution in [0.25, 0.3) is 11.0 Å². The molecule has 1 N–H and O–H groups in total. The predicted molar refractivity (Wildman–Crippen MR) is 94.9 cm³/mol. The predicted octanol–water partition coefficient (Wildman–Crippen LogP) is 2.29. The zero-order valence-corrected chi connectivity index (χ0v) is 14.8. The minimum Gasteiger partial charge on any atom is -0.295 e. The van der Waals surface area contributed by atoms with E-state index in [1.165, 1.54) is 9.13 Å². The van der Waals surface area contributed by atoms with Gasteiger partial charge in [0.05, 0.1) is 21.6 Å². The smallest absolute Gasteiger partial charge is 0.295 e. The van der Waals surface area contributed by atoms with Crippen LogP contribution in [-0.2, 0) is 24.1 Å². The summed E-state index contributed by atoms with van der Waals surface area (Å²) in [6.45, 7) is 3.72. The molecule has 24 heavy (non-hydrogen) atoms. The molecule has 0 unspecified atom stereocenters. The lowest BCUT2D eigenvalue weighted by Crippen LogP contribution is -2.19. The molecule has 0 fully saturated rings. The van der Waals surface area contributed by atoms with E-state index in [0.717, 1.165) is 16.6 Å². The largest absolute Gasteiger partial charge is 0.328 e. The van der Waals surface area contributed by atoms with Gasteiger partial charge in [0.1, 0.15) is 0 Å². The van der Waals surface area contributed by atoms with Crippen LogP contribution in [0.15, 0.2) is 46.1 Å². The summed E-state index contributed by atoms with van der Waals surface area (Å²) in [6.07, 6.45) is 0. The van der Waals surface area contributed by atoms with E-state index in [4.69, 9.17) is 0 Å². The third-order valence-electron chi connectivity index (χ3n) is 4.03. The zero-order chi connectivity index (χ0) is 17.6. The maximum atomic E-state index is 12.6. The molecule has 0 aliphatic carbocycles. The number of aromatic nitrogens is 2. The highest BCUT2D eigenvalue weighted by atomic mass is 32.2. The average Bonchev–Trinajstić information content (AvgIpc) is 2.71. The first-order valence-electron chi connectivity index (χ1n) is 7.45. The number of benzene rings is 2. The van der Waals surface area contributed by atoms with Gasteiger partial charge in [0.15, 0.2) is 0 Å². The monoisotopic (exact) mass is 345 g/mol. The van der Waals surface area contributed by atoms with Crippen LogP contribution in [0.4, 0.5) is 5.69 Å². The molecule has 2 aromatic carbocycles. The van der Waals surface area contributed by atoms with E-state index < -0.39 is 10.0 Å². The number of nitrogens with zero attached hydrogens (tertiary/aromatic N) is 2. The Morgan fingerprint density at radius 1 is 0.875 bits per heavy atom. The molecule has 0 saturated heterocycles. The van der Waals surface area contributed by atoms with Crippen LogP contribution in [-0.4, -0.2) is 17.6 Å². The van der Waals surface area contributed by atoms with Crippen molar-refractivity contribution in [1.82, 2.24) is 9.13 Å². The van der Waals surface area contributed by atoms with Crippen molar-refractivity contribution >= 4 is 26.7 Å². The number of fused-ring (bicyclic) bond motifs is 1. The molecule has 0 atom stereocenters. The molecule has 0 aliphatic rings. The summed E-state index contributed by atoms with van der Waals surface area (Å²) in [7, 11) is -0.343. The van der Waals surface area contributed by atoms with E-state index in [9.17, 15) is 13.2 Å². The molecule has 3 aromatic rings. The maximum absolute atomic E-state index is 12.6. The van der Waals surface area contributed by atoms with E-state index in [-0.39, 0.29) is 10.6 Å². The third-order valence-corrected chi connectivity index (χ3v) is 5.39. The molecule has 1 heterocycles. The minimum absolute atomic E-state index is 0.153. The molecule has 0 radical (unpaired) electrons. The van der Waals surface area contributed by atoms with E-state index in [1.807, 2.05) is 19.9 Å². The number of hydrogen-bond donors (Lipinski definition) is 1. The molecule has 7 heteroatoms. The van der Waals surface area contributed by atoms with Crippen LogP contribution in [0, 0.1) is 13.8 Å². The van der Waals surface area contributed by atoms with Crippen molar-refractivity contribution in [2.45, 2.75) is 18.7 Å². The molecule has 0 spiro atoms. The molecule has 0 saturated carbocycles. The van der Waals surface area contributed by atoms with Gasteiger partial charge in [-0.15, -0.1) is 0 Å². The Bertz CT molecular complexity index is 1090. The summed E-state index contributed by atoms with van der Waals surface area (Å²) in [6, 6.07) is 10.2. The van der Waals surface area contributed by atoms with Gasteiger partial charge in [-0.2, -0.15) is 0 Å². The fourth-order valence-corrected chi connectivity index (χ4v) is 4.11. The van der Waals surface area contributed by atoms with Gasteiger partial charge in [0.25, 0.3) is 10.0 Å². The van der Waals surface area contributed by atoms with Crippen LogP contribution < -0.4 is 10.4 Å². The van der Waals surface area contributed by atoms with Crippen molar-refractivity contribution in [3.8, 4) is 0 Å². The van der Waals surface area contributed by atoms with E-state index in [2.05, 4.69) is 4.72 Å². The fraction of sp³-hybridized carbons (Fsp3) is 0.235. The highest BCUT2D eigenvalue weighted by Gasteiger charge is 2.16. The minimum atomic E-state index is -3.69. The van der Waals surface area contributed by atoms with Gasteiger partial charge >= 0.3 is 5.69 Å². The highest BCUT2D eigenvalue weighted by molar-refractivity contribution is 7.92. The summed E-state index contributed by atoms with van der Waals surface area (Å²) < 4.78 is 30.8. The number of nitrogens with one attached hydrogen (secondary N) is 1. The normalized spacial score (nSPS) is 11.8. The summed E-state index contributed by atoms with van der Waals surface area (Å²) in [4.78, 5) is 12.2. The standard InChI is InChI=1S/C17H19N3O3S/c1-11-7-12(2)9-14(8-11)24(22,23)18-13-5-6-15-16(10-13)20(4)17(21)19(15)3/h5-10,18H,1-4H3. The molecule has 0 amide bonds. The van der Waals surface area contributed by atoms with Crippen molar-refractivity contribution in [3.05, 3.63) is 58.0 Å². The van der Waals surface area contributed by atoms with Crippen molar-refractivity contribution in [3.63, 3.8) is 0 Å². The lowest BCUT2D eigenvalue weighted by Gasteiger charge is -2.10. The first kappa shape index (κ1) is 16.3. The summed E-state index contributed by atoms with van der Waals surface area (Å²) >= 11 is 0. The van der Waals surface area contributed by atoms with Crippen molar-refractivity contribution in [1.29, 1.82) is 0 Å². The third kappa shape index (κ3) is 2.71. The SMILES string of the molecule is Cc1cc(C)cc(S(=O)(=O)Nc2ccc3c(c2)n(C)c(=O)n3C)c1. The number of aryl methyl sites for hydroxylation is 4. The molecule has 0 aliphatic heterocycles. The van der Waals surface area contributed by atoms with Gasteiger partial charge in [-0.3, -0.25) is 13.9 Å². The van der Waals surface area contributed by atoms with Crippen molar-refractivity contribution < 1.29 is 8.42 Å².